The van der Waals surface area contributed by atoms with Crippen molar-refractivity contribution in [3.8, 4) is 0 Å². The molecule has 104 valence electrons. The third-order valence-electron chi connectivity index (χ3n) is 3.52. The van der Waals surface area contributed by atoms with Gasteiger partial charge in [-0.25, -0.2) is 0 Å². The highest BCUT2D eigenvalue weighted by atomic mass is 16.5. The van der Waals surface area contributed by atoms with Crippen LogP contribution in [0.25, 0.3) is 0 Å². The van der Waals surface area contributed by atoms with E-state index in [0.29, 0.717) is 6.10 Å². The van der Waals surface area contributed by atoms with Crippen LogP contribution in [0, 0.1) is 0 Å². The van der Waals surface area contributed by atoms with E-state index in [9.17, 15) is 0 Å². The molecule has 1 aliphatic carbocycles. The summed E-state index contributed by atoms with van der Waals surface area (Å²) in [6.45, 7) is 11.0. The largest absolute Gasteiger partial charge is 0.353 e. The van der Waals surface area contributed by atoms with Gasteiger partial charge in [0.25, 0.3) is 0 Å². The molecule has 0 fully saturated rings. The molecule has 0 N–H and O–H groups in total. The van der Waals surface area contributed by atoms with E-state index in [-0.39, 0.29) is 5.72 Å². The van der Waals surface area contributed by atoms with Crippen LogP contribution >= 0.6 is 0 Å². The first kappa shape index (κ1) is 15.5. The predicted molar refractivity (Wildman–Crippen MR) is 78.6 cm³/mol. The molecule has 0 aromatic carbocycles. The standard InChI is InChI=1S/C16H29NO/c1-5-13-17(14-6-2)16(18-15(4)7-3)11-9-8-10-12-16/h8-11,15H,5-7,12-14H2,1-4H3. The van der Waals surface area contributed by atoms with E-state index in [1.807, 2.05) is 0 Å². The normalized spacial score (nSPS) is 24.7. The lowest BCUT2D eigenvalue weighted by molar-refractivity contribution is -0.151. The number of rotatable bonds is 8. The number of nitrogens with zero attached hydrogens (tertiary/aromatic N) is 1. The summed E-state index contributed by atoms with van der Waals surface area (Å²) in [5, 5.41) is 0. The van der Waals surface area contributed by atoms with E-state index >= 15 is 0 Å². The molecule has 1 aliphatic rings. The number of ether oxygens (including phenoxy) is 1. The molecule has 0 aromatic heterocycles. The Morgan fingerprint density at radius 2 is 1.83 bits per heavy atom. The van der Waals surface area contributed by atoms with Crippen molar-refractivity contribution in [3.05, 3.63) is 24.3 Å². The van der Waals surface area contributed by atoms with Crippen LogP contribution in [0.1, 0.15) is 53.4 Å². The molecule has 2 nitrogen and oxygen atoms in total. The van der Waals surface area contributed by atoms with Gasteiger partial charge in [-0.1, -0.05) is 39.0 Å². The third kappa shape index (κ3) is 3.96. The lowest BCUT2D eigenvalue weighted by Crippen LogP contribution is -2.51. The van der Waals surface area contributed by atoms with Crippen LogP contribution in [0.2, 0.25) is 0 Å². The lowest BCUT2D eigenvalue weighted by atomic mass is 10.0. The summed E-state index contributed by atoms with van der Waals surface area (Å²) >= 11 is 0. The molecule has 0 radical (unpaired) electrons. The molecular formula is C16H29NO. The van der Waals surface area contributed by atoms with Crippen molar-refractivity contribution < 1.29 is 4.74 Å². The molecule has 18 heavy (non-hydrogen) atoms. The van der Waals surface area contributed by atoms with Crippen LogP contribution in [0.3, 0.4) is 0 Å². The Balaban J connectivity index is 2.86. The highest BCUT2D eigenvalue weighted by Crippen LogP contribution is 2.29. The van der Waals surface area contributed by atoms with E-state index in [2.05, 4.69) is 56.9 Å². The molecule has 2 unspecified atom stereocenters. The Bertz CT molecular complexity index is 279. The van der Waals surface area contributed by atoms with Gasteiger partial charge < -0.3 is 4.74 Å². The van der Waals surface area contributed by atoms with Crippen molar-refractivity contribution in [3.63, 3.8) is 0 Å². The van der Waals surface area contributed by atoms with Gasteiger partial charge in [0.1, 0.15) is 5.72 Å². The SMILES string of the molecule is CCCN(CCC)C1(OC(C)CC)C=CC=CC1. The van der Waals surface area contributed by atoms with Crippen LogP contribution in [0.4, 0.5) is 0 Å². The molecule has 0 aliphatic heterocycles. The number of hydrogen-bond donors (Lipinski definition) is 0. The van der Waals surface area contributed by atoms with Crippen LogP contribution in [0.5, 0.6) is 0 Å². The molecule has 1 rings (SSSR count). The van der Waals surface area contributed by atoms with Crippen LogP contribution in [-0.4, -0.2) is 29.8 Å². The fourth-order valence-corrected chi connectivity index (χ4v) is 2.45. The Kier molecular flexibility index (Phi) is 6.66. The Morgan fingerprint density at radius 1 is 1.17 bits per heavy atom. The molecule has 2 atom stereocenters. The summed E-state index contributed by atoms with van der Waals surface area (Å²) in [6, 6.07) is 0. The van der Waals surface area contributed by atoms with Gasteiger partial charge in [0.2, 0.25) is 0 Å². The minimum Gasteiger partial charge on any atom is -0.353 e. The van der Waals surface area contributed by atoms with Crippen LogP contribution < -0.4 is 0 Å². The first-order valence-electron chi connectivity index (χ1n) is 7.45. The van der Waals surface area contributed by atoms with Gasteiger partial charge in [-0.2, -0.15) is 0 Å². The van der Waals surface area contributed by atoms with Crippen molar-refractivity contribution in [1.82, 2.24) is 4.90 Å². The monoisotopic (exact) mass is 251 g/mol. The van der Waals surface area contributed by atoms with Gasteiger partial charge >= 0.3 is 0 Å². The zero-order chi connectivity index (χ0) is 13.4. The number of hydrogen-bond acceptors (Lipinski definition) is 2. The van der Waals surface area contributed by atoms with E-state index < -0.39 is 0 Å². The van der Waals surface area contributed by atoms with Gasteiger partial charge in [-0.3, -0.25) is 4.90 Å². The highest BCUT2D eigenvalue weighted by molar-refractivity contribution is 5.18. The summed E-state index contributed by atoms with van der Waals surface area (Å²) in [6.07, 6.45) is 13.4. The van der Waals surface area contributed by atoms with E-state index in [4.69, 9.17) is 4.74 Å². The third-order valence-corrected chi connectivity index (χ3v) is 3.52. The molecular weight excluding hydrogens is 222 g/mol. The molecule has 0 heterocycles. The molecule has 2 heteroatoms. The van der Waals surface area contributed by atoms with Crippen molar-refractivity contribution in [1.29, 1.82) is 0 Å². The quantitative estimate of drug-likeness (QED) is 0.601. The second-order valence-electron chi connectivity index (χ2n) is 5.16. The maximum Gasteiger partial charge on any atom is 0.144 e. The predicted octanol–water partition coefficient (Wildman–Crippen LogP) is 4.14. The average Bonchev–Trinajstić information content (AvgIpc) is 2.39. The minimum absolute atomic E-state index is 0.212. The first-order chi connectivity index (χ1) is 8.68. The number of allylic oxidation sites excluding steroid dienone is 2. The molecule has 0 aromatic rings. The minimum atomic E-state index is -0.212. The summed E-state index contributed by atoms with van der Waals surface area (Å²) in [5.74, 6) is 0. The maximum atomic E-state index is 6.38. The summed E-state index contributed by atoms with van der Waals surface area (Å²) < 4.78 is 6.38. The second-order valence-corrected chi connectivity index (χ2v) is 5.16. The van der Waals surface area contributed by atoms with Gasteiger partial charge in [0.15, 0.2) is 0 Å². The average molecular weight is 251 g/mol. The topological polar surface area (TPSA) is 12.5 Å². The molecule has 0 spiro atoms. The zero-order valence-electron chi connectivity index (χ0n) is 12.5. The van der Waals surface area contributed by atoms with Gasteiger partial charge in [-0.15, -0.1) is 0 Å². The van der Waals surface area contributed by atoms with E-state index in [0.717, 1.165) is 25.9 Å². The molecule has 0 bridgehead atoms. The summed E-state index contributed by atoms with van der Waals surface area (Å²) in [4.78, 5) is 2.50. The molecule has 0 saturated heterocycles. The summed E-state index contributed by atoms with van der Waals surface area (Å²) in [7, 11) is 0. The van der Waals surface area contributed by atoms with Crippen molar-refractivity contribution in [2.45, 2.75) is 65.2 Å². The van der Waals surface area contributed by atoms with Gasteiger partial charge in [0, 0.05) is 19.5 Å². The highest BCUT2D eigenvalue weighted by Gasteiger charge is 2.35. The van der Waals surface area contributed by atoms with Crippen molar-refractivity contribution in [2.75, 3.05) is 13.1 Å². The Labute approximate surface area is 113 Å². The van der Waals surface area contributed by atoms with Crippen LogP contribution in [-0.2, 0) is 4.74 Å². The fourth-order valence-electron chi connectivity index (χ4n) is 2.45. The smallest absolute Gasteiger partial charge is 0.144 e. The maximum absolute atomic E-state index is 6.38. The Morgan fingerprint density at radius 3 is 2.28 bits per heavy atom. The van der Waals surface area contributed by atoms with E-state index in [1.54, 1.807) is 0 Å². The van der Waals surface area contributed by atoms with E-state index in [1.165, 1.54) is 12.8 Å². The zero-order valence-corrected chi connectivity index (χ0v) is 12.5. The van der Waals surface area contributed by atoms with Crippen molar-refractivity contribution >= 4 is 0 Å². The first-order valence-corrected chi connectivity index (χ1v) is 7.45. The second kappa shape index (κ2) is 7.75. The van der Waals surface area contributed by atoms with Crippen LogP contribution in [0.15, 0.2) is 24.3 Å². The van der Waals surface area contributed by atoms with Gasteiger partial charge in [0.05, 0.1) is 6.10 Å². The van der Waals surface area contributed by atoms with Crippen molar-refractivity contribution in [2.24, 2.45) is 0 Å². The lowest BCUT2D eigenvalue weighted by Gasteiger charge is -2.43. The van der Waals surface area contributed by atoms with Gasteiger partial charge in [-0.05, 0) is 32.3 Å². The Hall–Kier alpha value is -0.600. The fraction of sp³-hybridized carbons (Fsp3) is 0.750. The molecule has 0 amide bonds. The molecule has 0 saturated carbocycles. The summed E-state index contributed by atoms with van der Waals surface area (Å²) in [5.41, 5.74) is -0.212.